The summed E-state index contributed by atoms with van der Waals surface area (Å²) in [4.78, 5) is 10.6. The number of hydrogen-bond acceptors (Lipinski definition) is 5. The fraction of sp³-hybridized carbons (Fsp3) is 0.455. The lowest BCUT2D eigenvalue weighted by Gasteiger charge is -2.11. The number of aromatic nitrogens is 3. The van der Waals surface area contributed by atoms with Gasteiger partial charge in [0, 0.05) is 26.0 Å². The van der Waals surface area contributed by atoms with E-state index < -0.39 is 0 Å². The summed E-state index contributed by atoms with van der Waals surface area (Å²) in [6.45, 7) is 1.44. The van der Waals surface area contributed by atoms with Crippen molar-refractivity contribution in [2.24, 2.45) is 0 Å². The highest BCUT2D eigenvalue weighted by Crippen LogP contribution is 2.18. The Kier molecular flexibility index (Phi) is 3.43. The van der Waals surface area contributed by atoms with Crippen LogP contribution in [0.3, 0.4) is 0 Å². The van der Waals surface area contributed by atoms with Gasteiger partial charge in [-0.05, 0) is 14.1 Å². The van der Waals surface area contributed by atoms with E-state index in [1.165, 1.54) is 0 Å². The van der Waals surface area contributed by atoms with Gasteiger partial charge in [-0.25, -0.2) is 4.98 Å². The molecule has 17 heavy (non-hydrogen) atoms. The molecular weight excluding hydrogens is 218 g/mol. The Morgan fingerprint density at radius 3 is 3.00 bits per heavy atom. The van der Waals surface area contributed by atoms with Gasteiger partial charge in [0.25, 0.3) is 5.88 Å². The van der Waals surface area contributed by atoms with Crippen molar-refractivity contribution in [1.29, 1.82) is 0 Å². The van der Waals surface area contributed by atoms with Crippen LogP contribution in [0, 0.1) is 0 Å². The monoisotopic (exact) mass is 235 g/mol. The molecule has 2 aromatic rings. The quantitative estimate of drug-likeness (QED) is 0.827. The molecule has 2 heterocycles. The van der Waals surface area contributed by atoms with Crippen LogP contribution in [0.1, 0.15) is 0 Å². The highest BCUT2D eigenvalue weighted by molar-refractivity contribution is 5.53. The average molecular weight is 235 g/mol. The minimum Gasteiger partial charge on any atom is -0.474 e. The van der Waals surface area contributed by atoms with E-state index in [0.29, 0.717) is 12.5 Å². The number of ether oxygens (including phenoxy) is 1. The maximum atomic E-state index is 5.65. The van der Waals surface area contributed by atoms with Crippen molar-refractivity contribution in [2.45, 2.75) is 0 Å². The molecule has 0 aliphatic rings. The molecule has 92 valence electrons. The molecule has 0 spiro atoms. The van der Waals surface area contributed by atoms with Crippen molar-refractivity contribution in [3.8, 4) is 5.88 Å². The summed E-state index contributed by atoms with van der Waals surface area (Å²) in [5.41, 5.74) is 0.739. The van der Waals surface area contributed by atoms with Gasteiger partial charge in [0.1, 0.15) is 12.4 Å². The first kappa shape index (κ1) is 11.7. The van der Waals surface area contributed by atoms with Gasteiger partial charge in [0.15, 0.2) is 0 Å². The second kappa shape index (κ2) is 5.01. The van der Waals surface area contributed by atoms with Gasteiger partial charge >= 0.3 is 0 Å². The van der Waals surface area contributed by atoms with E-state index >= 15 is 0 Å². The van der Waals surface area contributed by atoms with Crippen molar-refractivity contribution in [1.82, 2.24) is 19.3 Å². The van der Waals surface area contributed by atoms with Crippen LogP contribution in [-0.2, 0) is 0 Å². The molecule has 0 bridgehead atoms. The molecule has 0 radical (unpaired) electrons. The van der Waals surface area contributed by atoms with E-state index in [4.69, 9.17) is 4.74 Å². The minimum absolute atomic E-state index is 0.559. The fourth-order valence-corrected chi connectivity index (χ4v) is 1.45. The van der Waals surface area contributed by atoms with E-state index in [0.717, 1.165) is 18.0 Å². The smallest absolute Gasteiger partial charge is 0.260 e. The molecule has 2 rings (SSSR count). The third kappa shape index (κ3) is 2.65. The molecule has 1 N–H and O–H groups in total. The molecule has 6 nitrogen and oxygen atoms in total. The van der Waals surface area contributed by atoms with Crippen LogP contribution in [0.5, 0.6) is 5.88 Å². The van der Waals surface area contributed by atoms with Crippen molar-refractivity contribution < 1.29 is 4.74 Å². The number of nitrogens with zero attached hydrogens (tertiary/aromatic N) is 4. The average Bonchev–Trinajstić information content (AvgIpc) is 2.76. The highest BCUT2D eigenvalue weighted by atomic mass is 16.5. The van der Waals surface area contributed by atoms with Gasteiger partial charge in [-0.2, -0.15) is 4.98 Å². The number of fused-ring (bicyclic) bond motifs is 1. The van der Waals surface area contributed by atoms with Crippen molar-refractivity contribution >= 4 is 11.5 Å². The zero-order valence-electron chi connectivity index (χ0n) is 10.3. The first-order valence-electron chi connectivity index (χ1n) is 5.49. The zero-order valence-corrected chi connectivity index (χ0v) is 10.3. The van der Waals surface area contributed by atoms with Crippen LogP contribution >= 0.6 is 0 Å². The molecule has 0 fully saturated rings. The van der Waals surface area contributed by atoms with Crippen LogP contribution < -0.4 is 10.1 Å². The lowest BCUT2D eigenvalue weighted by atomic mass is 10.6. The van der Waals surface area contributed by atoms with Crippen molar-refractivity contribution in [2.75, 3.05) is 39.6 Å². The van der Waals surface area contributed by atoms with E-state index in [9.17, 15) is 0 Å². The van der Waals surface area contributed by atoms with Crippen LogP contribution in [0.4, 0.5) is 5.82 Å². The lowest BCUT2D eigenvalue weighted by molar-refractivity contribution is 0.255. The number of likely N-dealkylation sites (N-methyl/N-ethyl adjacent to an activating group) is 1. The Balaban J connectivity index is 2.21. The molecule has 6 heteroatoms. The van der Waals surface area contributed by atoms with Crippen LogP contribution in [-0.4, -0.2) is 53.6 Å². The SMILES string of the molecule is CNc1cn2ccnc2c(OCCN(C)C)n1. The Morgan fingerprint density at radius 2 is 2.29 bits per heavy atom. The van der Waals surface area contributed by atoms with Gasteiger partial charge < -0.3 is 15.0 Å². The molecular formula is C11H17N5O. The van der Waals surface area contributed by atoms with Crippen molar-refractivity contribution in [3.05, 3.63) is 18.6 Å². The Bertz CT molecular complexity index is 494. The van der Waals surface area contributed by atoms with Crippen molar-refractivity contribution in [3.63, 3.8) is 0 Å². The molecule has 0 amide bonds. The molecule has 0 saturated heterocycles. The number of hydrogen-bond donors (Lipinski definition) is 1. The Labute approximate surface area is 100 Å². The number of nitrogens with one attached hydrogen (secondary N) is 1. The topological polar surface area (TPSA) is 54.7 Å². The predicted molar refractivity (Wildman–Crippen MR) is 66.6 cm³/mol. The van der Waals surface area contributed by atoms with Gasteiger partial charge in [-0.1, -0.05) is 0 Å². The number of rotatable bonds is 5. The maximum Gasteiger partial charge on any atom is 0.260 e. The second-order valence-corrected chi connectivity index (χ2v) is 3.99. The summed E-state index contributed by atoms with van der Waals surface area (Å²) >= 11 is 0. The molecule has 0 aliphatic carbocycles. The normalized spacial score (nSPS) is 11.1. The maximum absolute atomic E-state index is 5.65. The summed E-state index contributed by atoms with van der Waals surface area (Å²) in [6.07, 6.45) is 5.48. The third-order valence-electron chi connectivity index (χ3n) is 2.38. The number of anilines is 1. The molecule has 0 unspecified atom stereocenters. The first-order valence-corrected chi connectivity index (χ1v) is 5.49. The van der Waals surface area contributed by atoms with E-state index in [-0.39, 0.29) is 0 Å². The Morgan fingerprint density at radius 1 is 1.47 bits per heavy atom. The van der Waals surface area contributed by atoms with Crippen LogP contribution in [0.25, 0.3) is 5.65 Å². The molecule has 0 aliphatic heterocycles. The van der Waals surface area contributed by atoms with Crippen LogP contribution in [0.2, 0.25) is 0 Å². The van der Waals surface area contributed by atoms with Gasteiger partial charge in [-0.15, -0.1) is 0 Å². The fourth-order valence-electron chi connectivity index (χ4n) is 1.45. The zero-order chi connectivity index (χ0) is 12.3. The van der Waals surface area contributed by atoms with E-state index in [2.05, 4.69) is 20.2 Å². The summed E-state index contributed by atoms with van der Waals surface area (Å²) in [7, 11) is 5.84. The number of imidazole rings is 1. The van der Waals surface area contributed by atoms with E-state index in [1.54, 1.807) is 6.20 Å². The van der Waals surface area contributed by atoms with Crippen LogP contribution in [0.15, 0.2) is 18.6 Å². The molecule has 0 aromatic carbocycles. The minimum atomic E-state index is 0.559. The molecule has 0 atom stereocenters. The summed E-state index contributed by atoms with van der Waals surface area (Å²) < 4.78 is 7.55. The summed E-state index contributed by atoms with van der Waals surface area (Å²) in [5.74, 6) is 1.32. The Hall–Kier alpha value is -1.82. The lowest BCUT2D eigenvalue weighted by Crippen LogP contribution is -2.20. The molecule has 2 aromatic heterocycles. The first-order chi connectivity index (χ1) is 8.20. The summed E-state index contributed by atoms with van der Waals surface area (Å²) in [6, 6.07) is 0. The standard InChI is InChI=1S/C11H17N5O/c1-12-9-8-16-5-4-13-10(16)11(14-9)17-7-6-15(2)3/h4-5,8,12H,6-7H2,1-3H3. The predicted octanol–water partition coefficient (Wildman–Crippen LogP) is 0.711. The summed E-state index contributed by atoms with van der Waals surface area (Å²) in [5, 5.41) is 3.00. The van der Waals surface area contributed by atoms with Gasteiger partial charge in [0.2, 0.25) is 5.65 Å². The highest BCUT2D eigenvalue weighted by Gasteiger charge is 2.08. The van der Waals surface area contributed by atoms with Gasteiger partial charge in [0.05, 0.1) is 6.20 Å². The van der Waals surface area contributed by atoms with Gasteiger partial charge in [-0.3, -0.25) is 4.40 Å². The second-order valence-electron chi connectivity index (χ2n) is 3.99. The largest absolute Gasteiger partial charge is 0.474 e. The molecule has 0 saturated carbocycles. The third-order valence-corrected chi connectivity index (χ3v) is 2.38. The van der Waals surface area contributed by atoms with E-state index in [1.807, 2.05) is 37.9 Å².